The summed E-state index contributed by atoms with van der Waals surface area (Å²) in [5, 5.41) is 5.23. The van der Waals surface area contributed by atoms with E-state index in [1.54, 1.807) is 0 Å². The lowest BCUT2D eigenvalue weighted by Crippen LogP contribution is -2.19. The molecule has 0 bridgehead atoms. The van der Waals surface area contributed by atoms with Gasteiger partial charge in [0.05, 0.1) is 5.69 Å². The van der Waals surface area contributed by atoms with Gasteiger partial charge < -0.3 is 20.7 Å². The van der Waals surface area contributed by atoms with Crippen molar-refractivity contribution in [1.82, 2.24) is 9.88 Å². The van der Waals surface area contributed by atoms with E-state index in [2.05, 4.69) is 15.2 Å². The molecular weight excluding hydrogens is 312 g/mol. The Kier molecular flexibility index (Phi) is 6.52. The minimum Gasteiger partial charge on any atom is -0.492 e. The molecule has 0 aliphatic heterocycles. The molecule has 23 heavy (non-hydrogen) atoms. The molecule has 1 aromatic carbocycles. The van der Waals surface area contributed by atoms with Crippen LogP contribution < -0.4 is 15.8 Å². The van der Waals surface area contributed by atoms with Gasteiger partial charge in [-0.2, -0.15) is 0 Å². The molecule has 0 unspecified atom stereocenters. The Bertz CT molecular complexity index is 643. The number of benzene rings is 1. The van der Waals surface area contributed by atoms with Gasteiger partial charge in [-0.05, 0) is 26.2 Å². The van der Waals surface area contributed by atoms with Crippen LogP contribution in [0.15, 0.2) is 29.6 Å². The maximum absolute atomic E-state index is 11.6. The van der Waals surface area contributed by atoms with Crippen LogP contribution in [0.5, 0.6) is 5.75 Å². The van der Waals surface area contributed by atoms with Crippen LogP contribution in [0.1, 0.15) is 6.42 Å². The van der Waals surface area contributed by atoms with Crippen molar-refractivity contribution in [3.63, 3.8) is 0 Å². The number of carbonyl (C=O) groups excluding carboxylic acids is 1. The maximum Gasteiger partial charge on any atom is 0.227 e. The van der Waals surface area contributed by atoms with Crippen molar-refractivity contribution in [2.75, 3.05) is 39.1 Å². The minimum atomic E-state index is -0.121. The molecule has 1 aromatic heterocycles. The number of hydrogen-bond acceptors (Lipinski definition) is 6. The fraction of sp³-hybridized carbons (Fsp3) is 0.375. The molecule has 6 nitrogen and oxygen atoms in total. The highest BCUT2D eigenvalue weighted by atomic mass is 32.1. The third kappa shape index (κ3) is 5.31. The van der Waals surface area contributed by atoms with Gasteiger partial charge >= 0.3 is 0 Å². The molecule has 1 heterocycles. The van der Waals surface area contributed by atoms with Crippen LogP contribution in [0.2, 0.25) is 0 Å². The zero-order valence-corrected chi connectivity index (χ0v) is 14.2. The first-order valence-electron chi connectivity index (χ1n) is 7.42. The SMILES string of the molecule is CN(C)CCOc1ccccc1-c1csc(NC(=O)CCN)n1. The first-order valence-corrected chi connectivity index (χ1v) is 8.30. The molecule has 1 amide bonds. The summed E-state index contributed by atoms with van der Waals surface area (Å²) in [6.07, 6.45) is 0.291. The average molecular weight is 334 g/mol. The number of nitrogens with zero attached hydrogens (tertiary/aromatic N) is 2. The Labute approximate surface area is 140 Å². The highest BCUT2D eigenvalue weighted by molar-refractivity contribution is 7.14. The largest absolute Gasteiger partial charge is 0.492 e. The summed E-state index contributed by atoms with van der Waals surface area (Å²) < 4.78 is 5.85. The van der Waals surface area contributed by atoms with Crippen molar-refractivity contribution >= 4 is 22.4 Å². The van der Waals surface area contributed by atoms with E-state index in [-0.39, 0.29) is 5.91 Å². The molecule has 0 spiro atoms. The second-order valence-electron chi connectivity index (χ2n) is 5.27. The molecule has 0 atom stereocenters. The number of rotatable bonds is 8. The number of hydrogen-bond donors (Lipinski definition) is 2. The number of ether oxygens (including phenoxy) is 1. The highest BCUT2D eigenvalue weighted by Crippen LogP contribution is 2.32. The second-order valence-corrected chi connectivity index (χ2v) is 6.13. The van der Waals surface area contributed by atoms with Gasteiger partial charge in [0.1, 0.15) is 12.4 Å². The molecule has 124 valence electrons. The van der Waals surface area contributed by atoms with E-state index < -0.39 is 0 Å². The highest BCUT2D eigenvalue weighted by Gasteiger charge is 2.11. The molecule has 0 fully saturated rings. The number of nitrogens with one attached hydrogen (secondary N) is 1. The third-order valence-electron chi connectivity index (χ3n) is 3.08. The molecule has 0 radical (unpaired) electrons. The van der Waals surface area contributed by atoms with Gasteiger partial charge in [-0.15, -0.1) is 11.3 Å². The quantitative estimate of drug-likeness (QED) is 0.772. The standard InChI is InChI=1S/C16H22N4O2S/c1-20(2)9-10-22-14-6-4-3-5-12(14)13-11-23-16(18-13)19-15(21)7-8-17/h3-6,11H,7-10,17H2,1-2H3,(H,18,19,21). The summed E-state index contributed by atoms with van der Waals surface area (Å²) in [4.78, 5) is 18.1. The van der Waals surface area contributed by atoms with Gasteiger partial charge in [0, 0.05) is 30.5 Å². The van der Waals surface area contributed by atoms with Crippen molar-refractivity contribution in [3.8, 4) is 17.0 Å². The Morgan fingerprint density at radius 3 is 2.91 bits per heavy atom. The number of carbonyl (C=O) groups is 1. The van der Waals surface area contributed by atoms with Crippen LogP contribution >= 0.6 is 11.3 Å². The van der Waals surface area contributed by atoms with E-state index in [4.69, 9.17) is 10.5 Å². The predicted molar refractivity (Wildman–Crippen MR) is 93.9 cm³/mol. The lowest BCUT2D eigenvalue weighted by molar-refractivity contribution is -0.116. The number of anilines is 1. The Morgan fingerprint density at radius 1 is 1.39 bits per heavy atom. The van der Waals surface area contributed by atoms with E-state index in [0.29, 0.717) is 24.7 Å². The van der Waals surface area contributed by atoms with Gasteiger partial charge in [0.2, 0.25) is 5.91 Å². The molecule has 0 saturated heterocycles. The summed E-state index contributed by atoms with van der Waals surface area (Å²) in [5.41, 5.74) is 7.08. The molecule has 0 saturated carbocycles. The molecule has 7 heteroatoms. The van der Waals surface area contributed by atoms with Gasteiger partial charge in [0.25, 0.3) is 0 Å². The lowest BCUT2D eigenvalue weighted by atomic mass is 10.1. The van der Waals surface area contributed by atoms with Crippen LogP contribution in [-0.4, -0.2) is 49.6 Å². The second kappa shape index (κ2) is 8.61. The molecule has 3 N–H and O–H groups in total. The van der Waals surface area contributed by atoms with E-state index in [1.165, 1.54) is 11.3 Å². The van der Waals surface area contributed by atoms with Gasteiger partial charge in [-0.1, -0.05) is 12.1 Å². The summed E-state index contributed by atoms with van der Waals surface area (Å²) in [6.45, 7) is 1.77. The Morgan fingerprint density at radius 2 is 2.17 bits per heavy atom. The topological polar surface area (TPSA) is 80.5 Å². The zero-order chi connectivity index (χ0) is 16.7. The Balaban J connectivity index is 2.09. The van der Waals surface area contributed by atoms with Crippen molar-refractivity contribution in [2.45, 2.75) is 6.42 Å². The van der Waals surface area contributed by atoms with Crippen LogP contribution in [0, 0.1) is 0 Å². The zero-order valence-electron chi connectivity index (χ0n) is 13.4. The maximum atomic E-state index is 11.6. The summed E-state index contributed by atoms with van der Waals surface area (Å²) in [6, 6.07) is 7.77. The number of likely N-dealkylation sites (N-methyl/N-ethyl adjacent to an activating group) is 1. The molecule has 0 aliphatic carbocycles. The van der Waals surface area contributed by atoms with Crippen LogP contribution in [0.4, 0.5) is 5.13 Å². The normalized spacial score (nSPS) is 10.8. The van der Waals surface area contributed by atoms with E-state index in [0.717, 1.165) is 23.6 Å². The smallest absolute Gasteiger partial charge is 0.227 e. The number of nitrogens with two attached hydrogens (primary N) is 1. The number of thiazole rings is 1. The van der Waals surface area contributed by atoms with Crippen molar-refractivity contribution in [1.29, 1.82) is 0 Å². The van der Waals surface area contributed by atoms with Crippen molar-refractivity contribution in [2.24, 2.45) is 5.73 Å². The van der Waals surface area contributed by atoms with Crippen LogP contribution in [0.3, 0.4) is 0 Å². The lowest BCUT2D eigenvalue weighted by Gasteiger charge is -2.13. The van der Waals surface area contributed by atoms with E-state index in [1.807, 2.05) is 43.7 Å². The Hall–Kier alpha value is -1.96. The molecule has 0 aliphatic rings. The minimum absolute atomic E-state index is 0.121. The van der Waals surface area contributed by atoms with E-state index >= 15 is 0 Å². The number of para-hydroxylation sites is 1. The molecule has 2 rings (SSSR count). The third-order valence-corrected chi connectivity index (χ3v) is 3.84. The first-order chi connectivity index (χ1) is 11.1. The number of aromatic nitrogens is 1. The summed E-state index contributed by atoms with van der Waals surface area (Å²) >= 11 is 1.39. The molecular formula is C16H22N4O2S. The first kappa shape index (κ1) is 17.4. The fourth-order valence-electron chi connectivity index (χ4n) is 1.91. The summed E-state index contributed by atoms with van der Waals surface area (Å²) in [7, 11) is 4.01. The van der Waals surface area contributed by atoms with Crippen LogP contribution in [0.25, 0.3) is 11.3 Å². The van der Waals surface area contributed by atoms with Crippen LogP contribution in [-0.2, 0) is 4.79 Å². The van der Waals surface area contributed by atoms with Gasteiger partial charge in [-0.3, -0.25) is 4.79 Å². The predicted octanol–water partition coefficient (Wildman–Crippen LogP) is 2.04. The monoisotopic (exact) mass is 334 g/mol. The van der Waals surface area contributed by atoms with Gasteiger partial charge in [-0.25, -0.2) is 4.98 Å². The van der Waals surface area contributed by atoms with Crippen molar-refractivity contribution in [3.05, 3.63) is 29.6 Å². The average Bonchev–Trinajstić information content (AvgIpc) is 2.96. The number of amides is 1. The van der Waals surface area contributed by atoms with Crippen molar-refractivity contribution < 1.29 is 9.53 Å². The molecule has 2 aromatic rings. The van der Waals surface area contributed by atoms with Gasteiger partial charge in [0.15, 0.2) is 5.13 Å². The fourth-order valence-corrected chi connectivity index (χ4v) is 2.64. The summed E-state index contributed by atoms with van der Waals surface area (Å²) in [5.74, 6) is 0.670. The van der Waals surface area contributed by atoms with E-state index in [9.17, 15) is 4.79 Å².